The molecule has 0 aliphatic carbocycles. The van der Waals surface area contributed by atoms with Gasteiger partial charge in [-0.25, -0.2) is 4.98 Å². The lowest BCUT2D eigenvalue weighted by atomic mass is 9.93. The highest BCUT2D eigenvalue weighted by Gasteiger charge is 2.20. The fraction of sp³-hybridized carbons (Fsp3) is 0.444. The van der Waals surface area contributed by atoms with Gasteiger partial charge >= 0.3 is 5.97 Å². The van der Waals surface area contributed by atoms with Gasteiger partial charge < -0.3 is 4.74 Å². The Balaban J connectivity index is 2.57. The molecule has 2 rings (SSSR count). The molecule has 0 aliphatic heterocycles. The van der Waals surface area contributed by atoms with Crippen molar-refractivity contribution in [3.63, 3.8) is 0 Å². The quantitative estimate of drug-likeness (QED) is 0.581. The van der Waals surface area contributed by atoms with Crippen molar-refractivity contribution in [2.45, 2.75) is 52.6 Å². The molecule has 2 aromatic rings. The van der Waals surface area contributed by atoms with Gasteiger partial charge in [0.2, 0.25) is 0 Å². The van der Waals surface area contributed by atoms with Crippen LogP contribution in [0.3, 0.4) is 0 Å². The van der Waals surface area contributed by atoms with Crippen molar-refractivity contribution in [2.75, 3.05) is 0 Å². The maximum Gasteiger partial charge on any atom is 0.310 e. The van der Waals surface area contributed by atoms with E-state index in [0.717, 1.165) is 28.5 Å². The molecular weight excluding hydrogens is 298 g/mol. The molecule has 1 heterocycles. The number of hydrogen-bond acceptors (Lipinski definition) is 3. The first-order valence-electron chi connectivity index (χ1n) is 7.70. The highest BCUT2D eigenvalue weighted by atomic mass is 35.5. The molecule has 0 aliphatic rings. The minimum Gasteiger partial charge on any atom is -0.463 e. The molecule has 0 unspecified atom stereocenters. The first-order chi connectivity index (χ1) is 10.4. The SMILES string of the molecule is CC[C@H](C)c1nc(Cl)c2ccccc2c1CC(=O)OC(C)C. The van der Waals surface area contributed by atoms with Crippen LogP contribution in [-0.4, -0.2) is 17.1 Å². The van der Waals surface area contributed by atoms with E-state index < -0.39 is 0 Å². The van der Waals surface area contributed by atoms with Gasteiger partial charge in [0.1, 0.15) is 5.15 Å². The number of pyridine rings is 1. The second kappa shape index (κ2) is 7.10. The number of benzene rings is 1. The lowest BCUT2D eigenvalue weighted by Gasteiger charge is -2.17. The first kappa shape index (κ1) is 16.8. The molecule has 0 spiro atoms. The van der Waals surface area contributed by atoms with Crippen LogP contribution in [0.1, 0.15) is 51.3 Å². The summed E-state index contributed by atoms with van der Waals surface area (Å²) >= 11 is 6.33. The second-order valence-electron chi connectivity index (χ2n) is 5.84. The van der Waals surface area contributed by atoms with Gasteiger partial charge in [-0.3, -0.25) is 4.79 Å². The number of halogens is 1. The number of rotatable bonds is 5. The Hall–Kier alpha value is -1.61. The summed E-state index contributed by atoms with van der Waals surface area (Å²) in [6.07, 6.45) is 1.04. The lowest BCUT2D eigenvalue weighted by molar-refractivity contribution is -0.146. The van der Waals surface area contributed by atoms with Crippen LogP contribution in [0.2, 0.25) is 5.15 Å². The van der Waals surface area contributed by atoms with Crippen molar-refractivity contribution in [3.8, 4) is 0 Å². The second-order valence-corrected chi connectivity index (χ2v) is 6.19. The minimum atomic E-state index is -0.228. The van der Waals surface area contributed by atoms with Gasteiger partial charge in [0.05, 0.1) is 12.5 Å². The Kier molecular flexibility index (Phi) is 5.41. The minimum absolute atomic E-state index is 0.119. The van der Waals surface area contributed by atoms with E-state index in [1.165, 1.54) is 0 Å². The van der Waals surface area contributed by atoms with E-state index in [1.54, 1.807) is 0 Å². The Morgan fingerprint density at radius 1 is 1.23 bits per heavy atom. The summed E-state index contributed by atoms with van der Waals surface area (Å²) in [5.41, 5.74) is 1.83. The lowest BCUT2D eigenvalue weighted by Crippen LogP contribution is -2.16. The van der Waals surface area contributed by atoms with E-state index in [4.69, 9.17) is 16.3 Å². The number of ether oxygens (including phenoxy) is 1. The third kappa shape index (κ3) is 3.58. The fourth-order valence-electron chi connectivity index (χ4n) is 2.53. The summed E-state index contributed by atoms with van der Waals surface area (Å²) in [5.74, 6) is 0.0118. The molecule has 0 radical (unpaired) electrons. The monoisotopic (exact) mass is 319 g/mol. The van der Waals surface area contributed by atoms with E-state index in [-0.39, 0.29) is 24.4 Å². The van der Waals surface area contributed by atoms with Crippen LogP contribution in [0.4, 0.5) is 0 Å². The molecule has 118 valence electrons. The zero-order chi connectivity index (χ0) is 16.3. The fourth-order valence-corrected chi connectivity index (χ4v) is 2.79. The molecular formula is C18H22ClNO2. The third-order valence-electron chi connectivity index (χ3n) is 3.77. The first-order valence-corrected chi connectivity index (χ1v) is 8.08. The highest BCUT2D eigenvalue weighted by molar-refractivity contribution is 6.34. The molecule has 1 aromatic carbocycles. The number of carbonyl (C=O) groups is 1. The Morgan fingerprint density at radius 3 is 2.45 bits per heavy atom. The predicted molar refractivity (Wildman–Crippen MR) is 90.4 cm³/mol. The molecule has 1 aromatic heterocycles. The largest absolute Gasteiger partial charge is 0.463 e. The number of nitrogens with zero attached hydrogens (tertiary/aromatic N) is 1. The number of carbonyl (C=O) groups excluding carboxylic acids is 1. The molecule has 4 heteroatoms. The average molecular weight is 320 g/mol. The number of aromatic nitrogens is 1. The smallest absolute Gasteiger partial charge is 0.310 e. The van der Waals surface area contributed by atoms with Gasteiger partial charge in [-0.2, -0.15) is 0 Å². The number of hydrogen-bond donors (Lipinski definition) is 0. The van der Waals surface area contributed by atoms with Gasteiger partial charge in [-0.15, -0.1) is 0 Å². The van der Waals surface area contributed by atoms with E-state index in [1.807, 2.05) is 38.1 Å². The van der Waals surface area contributed by atoms with Crippen LogP contribution < -0.4 is 0 Å². The van der Waals surface area contributed by atoms with E-state index in [2.05, 4.69) is 18.8 Å². The molecule has 0 saturated carbocycles. The Labute approximate surface area is 136 Å². The van der Waals surface area contributed by atoms with Gasteiger partial charge in [-0.1, -0.05) is 49.7 Å². The van der Waals surface area contributed by atoms with Gasteiger partial charge in [0.15, 0.2) is 0 Å². The average Bonchev–Trinajstić information content (AvgIpc) is 2.48. The maximum absolute atomic E-state index is 12.1. The molecule has 0 fully saturated rings. The molecule has 22 heavy (non-hydrogen) atoms. The van der Waals surface area contributed by atoms with Crippen LogP contribution >= 0.6 is 11.6 Å². The van der Waals surface area contributed by atoms with Gasteiger partial charge in [-0.05, 0) is 37.1 Å². The normalized spacial score (nSPS) is 12.6. The van der Waals surface area contributed by atoms with Crippen molar-refractivity contribution in [2.24, 2.45) is 0 Å². The van der Waals surface area contributed by atoms with Crippen molar-refractivity contribution in [3.05, 3.63) is 40.7 Å². The molecule has 1 atom stereocenters. The van der Waals surface area contributed by atoms with Crippen molar-refractivity contribution in [1.82, 2.24) is 4.98 Å². The molecule has 0 amide bonds. The Bertz CT molecular complexity index is 682. The standard InChI is InChI=1S/C18H22ClNO2/c1-5-12(4)17-15(10-16(21)22-11(2)3)13-8-6-7-9-14(13)18(19)20-17/h6-9,11-12H,5,10H2,1-4H3/t12-/m0/s1. The van der Waals surface area contributed by atoms with Crippen LogP contribution in [0.5, 0.6) is 0 Å². The molecule has 0 N–H and O–H groups in total. The zero-order valence-corrected chi connectivity index (χ0v) is 14.3. The summed E-state index contributed by atoms with van der Waals surface area (Å²) in [6, 6.07) is 7.81. The van der Waals surface area contributed by atoms with Crippen LogP contribution in [-0.2, 0) is 16.0 Å². The van der Waals surface area contributed by atoms with E-state index >= 15 is 0 Å². The van der Waals surface area contributed by atoms with Gasteiger partial charge in [0, 0.05) is 11.1 Å². The summed E-state index contributed by atoms with van der Waals surface area (Å²) in [6.45, 7) is 7.91. The van der Waals surface area contributed by atoms with Crippen molar-refractivity contribution < 1.29 is 9.53 Å². The van der Waals surface area contributed by atoms with Crippen LogP contribution in [0.25, 0.3) is 10.8 Å². The van der Waals surface area contributed by atoms with Crippen molar-refractivity contribution in [1.29, 1.82) is 0 Å². The molecule has 3 nitrogen and oxygen atoms in total. The van der Waals surface area contributed by atoms with Crippen LogP contribution in [0.15, 0.2) is 24.3 Å². The third-order valence-corrected chi connectivity index (χ3v) is 4.06. The topological polar surface area (TPSA) is 39.2 Å². The molecule has 0 saturated heterocycles. The Morgan fingerprint density at radius 2 is 1.86 bits per heavy atom. The van der Waals surface area contributed by atoms with E-state index in [0.29, 0.717) is 5.15 Å². The van der Waals surface area contributed by atoms with Crippen LogP contribution in [0, 0.1) is 0 Å². The van der Waals surface area contributed by atoms with E-state index in [9.17, 15) is 4.79 Å². The van der Waals surface area contributed by atoms with Gasteiger partial charge in [0.25, 0.3) is 0 Å². The summed E-state index contributed by atoms with van der Waals surface area (Å²) in [5, 5.41) is 2.36. The predicted octanol–water partition coefficient (Wildman–Crippen LogP) is 4.90. The zero-order valence-electron chi connectivity index (χ0n) is 13.5. The molecule has 0 bridgehead atoms. The summed E-state index contributed by atoms with van der Waals surface area (Å²) in [4.78, 5) is 16.7. The maximum atomic E-state index is 12.1. The number of esters is 1. The summed E-state index contributed by atoms with van der Waals surface area (Å²) < 4.78 is 5.30. The van der Waals surface area contributed by atoms with Crippen molar-refractivity contribution >= 4 is 28.3 Å². The highest BCUT2D eigenvalue weighted by Crippen LogP contribution is 2.32. The number of fused-ring (bicyclic) bond motifs is 1. The summed E-state index contributed by atoms with van der Waals surface area (Å²) in [7, 11) is 0.